The number of carbonyl (C=O) groups excluding carboxylic acids is 1. The molecule has 0 radical (unpaired) electrons. The molecule has 0 bridgehead atoms. The van der Waals surface area contributed by atoms with Gasteiger partial charge in [-0.2, -0.15) is 0 Å². The topological polar surface area (TPSA) is 126 Å². The van der Waals surface area contributed by atoms with Gasteiger partial charge < -0.3 is 18.6 Å². The summed E-state index contributed by atoms with van der Waals surface area (Å²) < 4.78 is 49.3. The summed E-state index contributed by atoms with van der Waals surface area (Å²) in [6.45, 7) is 1.49. The largest absolute Gasteiger partial charge is 0.493 e. The molecule has 3 aromatic rings. The first-order chi connectivity index (χ1) is 14.3. The van der Waals surface area contributed by atoms with Crippen molar-refractivity contribution in [2.75, 3.05) is 25.5 Å². The van der Waals surface area contributed by atoms with Crippen LogP contribution in [-0.4, -0.2) is 39.8 Å². The van der Waals surface area contributed by atoms with Gasteiger partial charge in [-0.1, -0.05) is 0 Å². The molecule has 10 nitrogen and oxygen atoms in total. The average molecular weight is 436 g/mol. The summed E-state index contributed by atoms with van der Waals surface area (Å²) in [5.74, 6) is -0.587. The van der Waals surface area contributed by atoms with E-state index in [0.717, 1.165) is 4.57 Å². The van der Waals surface area contributed by atoms with Crippen LogP contribution in [0, 0.1) is 0 Å². The van der Waals surface area contributed by atoms with Gasteiger partial charge in [0.15, 0.2) is 17.1 Å². The second kappa shape index (κ2) is 8.49. The first kappa shape index (κ1) is 21.2. The third kappa shape index (κ3) is 4.25. The van der Waals surface area contributed by atoms with Gasteiger partial charge in [-0.05, 0) is 31.2 Å². The van der Waals surface area contributed by atoms with Crippen molar-refractivity contribution in [2.24, 2.45) is 0 Å². The molecule has 1 heterocycles. The molecular formula is C19H20N2O8S. The van der Waals surface area contributed by atoms with Crippen LogP contribution in [-0.2, 0) is 26.1 Å². The molecule has 0 amide bonds. The molecule has 2 aromatic carbocycles. The number of anilines is 1. The molecule has 0 spiro atoms. The standard InChI is InChI=1S/C19H20N2O8S/c1-4-28-18(22)11-21-14-7-6-13(10-16(14)29-19(21)23)30(24,25)20-12-5-8-15(26-2)17(9-12)27-3/h5-10,20H,4,11H2,1-3H3. The number of fused-ring (bicyclic) bond motifs is 1. The molecule has 0 unspecified atom stereocenters. The van der Waals surface area contributed by atoms with Gasteiger partial charge in [0.05, 0.1) is 36.9 Å². The van der Waals surface area contributed by atoms with E-state index in [1.54, 1.807) is 13.0 Å². The summed E-state index contributed by atoms with van der Waals surface area (Å²) >= 11 is 0. The fourth-order valence-corrected chi connectivity index (χ4v) is 3.88. The van der Waals surface area contributed by atoms with Crippen molar-refractivity contribution in [3.63, 3.8) is 0 Å². The van der Waals surface area contributed by atoms with Crippen LogP contribution in [0.4, 0.5) is 5.69 Å². The monoisotopic (exact) mass is 436 g/mol. The Bertz CT molecular complexity index is 1240. The van der Waals surface area contributed by atoms with E-state index in [2.05, 4.69) is 4.72 Å². The quantitative estimate of drug-likeness (QED) is 0.531. The highest BCUT2D eigenvalue weighted by Gasteiger charge is 2.20. The van der Waals surface area contributed by atoms with Crippen molar-refractivity contribution in [3.05, 3.63) is 46.9 Å². The number of nitrogens with zero attached hydrogens (tertiary/aromatic N) is 1. The summed E-state index contributed by atoms with van der Waals surface area (Å²) in [4.78, 5) is 23.6. The summed E-state index contributed by atoms with van der Waals surface area (Å²) in [5.41, 5.74) is 0.562. The first-order valence-corrected chi connectivity index (χ1v) is 10.3. The van der Waals surface area contributed by atoms with Gasteiger partial charge in [0.25, 0.3) is 10.0 Å². The zero-order valence-electron chi connectivity index (χ0n) is 16.5. The number of carbonyl (C=O) groups is 1. The van der Waals surface area contributed by atoms with E-state index in [0.29, 0.717) is 11.5 Å². The molecule has 3 rings (SSSR count). The fraction of sp³-hybridized carbons (Fsp3) is 0.263. The molecule has 30 heavy (non-hydrogen) atoms. The Morgan fingerprint density at radius 2 is 1.83 bits per heavy atom. The molecule has 0 aliphatic rings. The summed E-state index contributed by atoms with van der Waals surface area (Å²) in [6.07, 6.45) is 0. The minimum absolute atomic E-state index is 0.0273. The predicted molar refractivity (Wildman–Crippen MR) is 107 cm³/mol. The number of hydrogen-bond donors (Lipinski definition) is 1. The van der Waals surface area contributed by atoms with Crippen molar-refractivity contribution >= 4 is 32.8 Å². The fourth-order valence-electron chi connectivity index (χ4n) is 2.81. The average Bonchev–Trinajstić information content (AvgIpc) is 3.02. The number of rotatable bonds is 8. The molecule has 0 aliphatic carbocycles. The number of benzene rings is 2. The van der Waals surface area contributed by atoms with Crippen LogP contribution >= 0.6 is 0 Å². The van der Waals surface area contributed by atoms with Crippen molar-refractivity contribution in [1.29, 1.82) is 0 Å². The molecule has 0 aliphatic heterocycles. The van der Waals surface area contributed by atoms with Crippen LogP contribution < -0.4 is 20.0 Å². The molecule has 0 saturated heterocycles. The normalized spacial score (nSPS) is 11.3. The number of sulfonamides is 1. The van der Waals surface area contributed by atoms with Gasteiger partial charge >= 0.3 is 11.7 Å². The maximum atomic E-state index is 12.8. The van der Waals surface area contributed by atoms with Crippen LogP contribution in [0.2, 0.25) is 0 Å². The Balaban J connectivity index is 1.92. The SMILES string of the molecule is CCOC(=O)Cn1c(=O)oc2cc(S(=O)(=O)Nc3ccc(OC)c(OC)c3)ccc21. The Morgan fingerprint density at radius 3 is 2.50 bits per heavy atom. The number of ether oxygens (including phenoxy) is 3. The maximum Gasteiger partial charge on any atom is 0.420 e. The molecule has 0 fully saturated rings. The van der Waals surface area contributed by atoms with Crippen LogP contribution in [0.5, 0.6) is 11.5 Å². The summed E-state index contributed by atoms with van der Waals surface area (Å²) in [6, 6.07) is 8.47. The van der Waals surface area contributed by atoms with Crippen molar-refractivity contribution in [3.8, 4) is 11.5 Å². The molecule has 160 valence electrons. The Morgan fingerprint density at radius 1 is 1.10 bits per heavy atom. The molecule has 0 saturated carbocycles. The van der Waals surface area contributed by atoms with E-state index < -0.39 is 21.7 Å². The lowest BCUT2D eigenvalue weighted by Gasteiger charge is -2.12. The highest BCUT2D eigenvalue weighted by atomic mass is 32.2. The van der Waals surface area contributed by atoms with Gasteiger partial charge in [-0.3, -0.25) is 14.1 Å². The lowest BCUT2D eigenvalue weighted by molar-refractivity contribution is -0.143. The van der Waals surface area contributed by atoms with Crippen LogP contribution in [0.3, 0.4) is 0 Å². The van der Waals surface area contributed by atoms with Crippen molar-refractivity contribution in [2.45, 2.75) is 18.4 Å². The Kier molecular flexibility index (Phi) is 6.01. The number of esters is 1. The number of methoxy groups -OCH3 is 2. The Labute approximate surface area is 172 Å². The lowest BCUT2D eigenvalue weighted by atomic mass is 10.3. The smallest absolute Gasteiger partial charge is 0.420 e. The minimum atomic E-state index is -3.99. The molecule has 11 heteroatoms. The second-order valence-corrected chi connectivity index (χ2v) is 7.75. The highest BCUT2D eigenvalue weighted by molar-refractivity contribution is 7.92. The minimum Gasteiger partial charge on any atom is -0.493 e. The third-order valence-corrected chi connectivity index (χ3v) is 5.56. The van der Waals surface area contributed by atoms with E-state index >= 15 is 0 Å². The van der Waals surface area contributed by atoms with Gasteiger partial charge in [-0.15, -0.1) is 0 Å². The zero-order chi connectivity index (χ0) is 21.9. The number of aromatic nitrogens is 1. The van der Waals surface area contributed by atoms with Crippen LogP contribution in [0.1, 0.15) is 6.92 Å². The Hall–Kier alpha value is -3.47. The van der Waals surface area contributed by atoms with E-state index in [1.807, 2.05) is 0 Å². The maximum absolute atomic E-state index is 12.8. The van der Waals surface area contributed by atoms with Crippen molar-refractivity contribution < 1.29 is 31.8 Å². The zero-order valence-corrected chi connectivity index (χ0v) is 17.3. The number of hydrogen-bond acceptors (Lipinski definition) is 8. The van der Waals surface area contributed by atoms with E-state index in [-0.39, 0.29) is 34.8 Å². The van der Waals surface area contributed by atoms with Gasteiger partial charge in [0, 0.05) is 12.1 Å². The number of oxazole rings is 1. The van der Waals surface area contributed by atoms with E-state index in [4.69, 9.17) is 18.6 Å². The van der Waals surface area contributed by atoms with Crippen LogP contribution in [0.25, 0.3) is 11.1 Å². The summed E-state index contributed by atoms with van der Waals surface area (Å²) in [5, 5.41) is 0. The molecule has 1 N–H and O–H groups in total. The second-order valence-electron chi connectivity index (χ2n) is 6.06. The number of nitrogens with one attached hydrogen (secondary N) is 1. The van der Waals surface area contributed by atoms with E-state index in [9.17, 15) is 18.0 Å². The van der Waals surface area contributed by atoms with Crippen molar-refractivity contribution in [1.82, 2.24) is 4.57 Å². The van der Waals surface area contributed by atoms with E-state index in [1.165, 1.54) is 44.6 Å². The third-order valence-electron chi connectivity index (χ3n) is 4.18. The highest BCUT2D eigenvalue weighted by Crippen LogP contribution is 2.31. The van der Waals surface area contributed by atoms with Gasteiger partial charge in [-0.25, -0.2) is 13.2 Å². The van der Waals surface area contributed by atoms with Gasteiger partial charge in [0.1, 0.15) is 6.54 Å². The molecule has 1 aromatic heterocycles. The van der Waals surface area contributed by atoms with Crippen LogP contribution in [0.15, 0.2) is 50.5 Å². The molecule has 0 atom stereocenters. The predicted octanol–water partition coefficient (Wildman–Crippen LogP) is 1.98. The summed E-state index contributed by atoms with van der Waals surface area (Å²) in [7, 11) is -1.09. The molecular weight excluding hydrogens is 416 g/mol. The van der Waals surface area contributed by atoms with Gasteiger partial charge in [0.2, 0.25) is 0 Å². The lowest BCUT2D eigenvalue weighted by Crippen LogP contribution is -2.21. The first-order valence-electron chi connectivity index (χ1n) is 8.83.